The van der Waals surface area contributed by atoms with Crippen LogP contribution in [-0.4, -0.2) is 61.7 Å². The highest BCUT2D eigenvalue weighted by Crippen LogP contribution is 2.53. The van der Waals surface area contributed by atoms with Crippen molar-refractivity contribution in [1.82, 2.24) is 24.9 Å². The average Bonchev–Trinajstić information content (AvgIpc) is 3.49. The molecule has 0 spiro atoms. The van der Waals surface area contributed by atoms with Crippen molar-refractivity contribution in [2.75, 3.05) is 13.6 Å². The number of hydrogen-bond acceptors (Lipinski definition) is 7. The van der Waals surface area contributed by atoms with Crippen LogP contribution in [0.3, 0.4) is 0 Å². The molecule has 4 atom stereocenters. The van der Waals surface area contributed by atoms with E-state index in [-0.39, 0.29) is 24.7 Å². The number of aromatic nitrogens is 4. The van der Waals surface area contributed by atoms with E-state index in [9.17, 15) is 14.7 Å². The second kappa shape index (κ2) is 9.47. The minimum atomic E-state index is -0.721. The monoisotopic (exact) mass is 483 g/mol. The highest BCUT2D eigenvalue weighted by molar-refractivity contribution is 5.71. The van der Waals surface area contributed by atoms with E-state index >= 15 is 0 Å². The fourth-order valence-electron chi connectivity index (χ4n) is 5.41. The van der Waals surface area contributed by atoms with Crippen LogP contribution in [-0.2, 0) is 23.2 Å². The number of hydrogen-bond donors (Lipinski definition) is 1. The minimum Gasteiger partial charge on any atom is -0.488 e. The van der Waals surface area contributed by atoms with Gasteiger partial charge in [-0.1, -0.05) is 11.6 Å². The highest BCUT2D eigenvalue weighted by Gasteiger charge is 2.52. The van der Waals surface area contributed by atoms with E-state index in [2.05, 4.69) is 15.3 Å². The van der Waals surface area contributed by atoms with Gasteiger partial charge in [0, 0.05) is 20.6 Å². The Bertz CT molecular complexity index is 1110. The maximum absolute atomic E-state index is 12.4. The molecule has 3 aliphatic rings. The molecule has 35 heavy (non-hydrogen) atoms. The van der Waals surface area contributed by atoms with Crippen molar-refractivity contribution >= 4 is 12.1 Å². The number of carbonyl (C=O) groups is 2. The molecule has 5 rings (SSSR count). The van der Waals surface area contributed by atoms with Gasteiger partial charge in [0.2, 0.25) is 0 Å². The van der Waals surface area contributed by atoms with Gasteiger partial charge in [-0.15, -0.1) is 5.10 Å². The number of rotatable bonds is 8. The topological polar surface area (TPSA) is 120 Å². The lowest BCUT2D eigenvalue weighted by molar-refractivity contribution is -0.144. The van der Waals surface area contributed by atoms with Crippen LogP contribution in [0.1, 0.15) is 49.9 Å². The first kappa shape index (κ1) is 23.6. The molecule has 1 N–H and O–H groups in total. The van der Waals surface area contributed by atoms with Crippen molar-refractivity contribution in [3.63, 3.8) is 0 Å². The molecule has 3 fully saturated rings. The summed E-state index contributed by atoms with van der Waals surface area (Å²) in [5.41, 5.74) is 2.53. The molecule has 2 aromatic heterocycles. The summed E-state index contributed by atoms with van der Waals surface area (Å²) in [6.45, 7) is 2.63. The van der Waals surface area contributed by atoms with Crippen molar-refractivity contribution in [2.45, 2.75) is 58.2 Å². The molecular formula is C25H33N5O5. The zero-order chi connectivity index (χ0) is 24.7. The predicted octanol–water partition coefficient (Wildman–Crippen LogP) is 3.43. The van der Waals surface area contributed by atoms with Gasteiger partial charge in [0.15, 0.2) is 0 Å². The smallest absolute Gasteiger partial charge is 0.409 e. The van der Waals surface area contributed by atoms with Crippen LogP contribution in [0.5, 0.6) is 5.75 Å². The largest absolute Gasteiger partial charge is 0.488 e. The zero-order valence-electron chi connectivity index (χ0n) is 20.5. The van der Waals surface area contributed by atoms with Crippen molar-refractivity contribution in [3.05, 3.63) is 23.5 Å². The summed E-state index contributed by atoms with van der Waals surface area (Å²) in [5.74, 6) is 0.960. The number of aliphatic carboxylic acids is 1. The fourth-order valence-corrected chi connectivity index (χ4v) is 5.41. The van der Waals surface area contributed by atoms with Gasteiger partial charge in [0.05, 0.1) is 23.4 Å². The summed E-state index contributed by atoms with van der Waals surface area (Å²) in [4.78, 5) is 30.3. The summed E-state index contributed by atoms with van der Waals surface area (Å²) in [5, 5.41) is 17.9. The van der Waals surface area contributed by atoms with Gasteiger partial charge in [-0.25, -0.2) is 14.5 Å². The quantitative estimate of drug-likeness (QED) is 0.606. The number of fused-ring (bicyclic) bond motifs is 1. The second-order valence-corrected chi connectivity index (χ2v) is 10.3. The third kappa shape index (κ3) is 4.97. The van der Waals surface area contributed by atoms with E-state index in [1.165, 1.54) is 19.3 Å². The Balaban J connectivity index is 1.24. The van der Waals surface area contributed by atoms with Crippen molar-refractivity contribution < 1.29 is 24.2 Å². The average molecular weight is 484 g/mol. The molecule has 188 valence electrons. The van der Waals surface area contributed by atoms with Gasteiger partial charge in [-0.3, -0.25) is 4.79 Å². The molecule has 1 unspecified atom stereocenters. The highest BCUT2D eigenvalue weighted by atomic mass is 16.6. The van der Waals surface area contributed by atoms with Crippen LogP contribution < -0.4 is 4.74 Å². The first-order valence-electron chi connectivity index (χ1n) is 12.4. The number of carboxylic acid groups (broad SMARTS) is 1. The molecule has 0 bridgehead atoms. The van der Waals surface area contributed by atoms with Crippen LogP contribution in [0.25, 0.3) is 11.4 Å². The third-order valence-electron chi connectivity index (χ3n) is 7.81. The standard InChI is InChI=1S/C25H33N5O5/c1-14-22(35-17-9-16-10-18(16)19(11-17)24(31)32)8-7-20(26-14)23-21(30(3)28-27-23)13-34-25(33)29(2)12-15-5-4-6-15/h7-8,15-19H,4-6,9-13H2,1-3H3,(H,31,32)/t16-,17+,18?,19+/m0/s1. The summed E-state index contributed by atoms with van der Waals surface area (Å²) in [6, 6.07) is 3.67. The summed E-state index contributed by atoms with van der Waals surface area (Å²) in [6.07, 6.45) is 5.51. The summed E-state index contributed by atoms with van der Waals surface area (Å²) >= 11 is 0. The van der Waals surface area contributed by atoms with E-state index in [1.54, 1.807) is 23.7 Å². The third-order valence-corrected chi connectivity index (χ3v) is 7.81. The molecule has 10 heteroatoms. The van der Waals surface area contributed by atoms with Gasteiger partial charge in [0.25, 0.3) is 0 Å². The Morgan fingerprint density at radius 2 is 2.03 bits per heavy atom. The van der Waals surface area contributed by atoms with Crippen LogP contribution in [0.2, 0.25) is 0 Å². The minimum absolute atomic E-state index is 0.0485. The van der Waals surface area contributed by atoms with E-state index in [0.29, 0.717) is 59.2 Å². The summed E-state index contributed by atoms with van der Waals surface area (Å²) in [7, 11) is 3.52. The SMILES string of the molecule is Cc1nc(-c2nnn(C)c2COC(=O)N(C)CC2CCC2)ccc1O[C@@H]1C[C@H]2CC2[C@H](C(=O)O)C1. The predicted molar refractivity (Wildman–Crippen MR) is 125 cm³/mol. The lowest BCUT2D eigenvalue weighted by Gasteiger charge is -2.29. The number of carbonyl (C=O) groups excluding carboxylic acids is 1. The second-order valence-electron chi connectivity index (χ2n) is 10.3. The first-order chi connectivity index (χ1) is 16.8. The maximum Gasteiger partial charge on any atom is 0.409 e. The van der Waals surface area contributed by atoms with Crippen LogP contribution >= 0.6 is 0 Å². The Kier molecular flexibility index (Phi) is 6.37. The summed E-state index contributed by atoms with van der Waals surface area (Å²) < 4.78 is 13.3. The Hall–Kier alpha value is -3.17. The van der Waals surface area contributed by atoms with Gasteiger partial charge in [0.1, 0.15) is 23.7 Å². The molecule has 0 radical (unpaired) electrons. The molecule has 3 aliphatic carbocycles. The number of carboxylic acids is 1. The van der Waals surface area contributed by atoms with Gasteiger partial charge in [-0.05, 0) is 68.9 Å². The molecule has 0 saturated heterocycles. The molecule has 1 amide bonds. The lowest BCUT2D eigenvalue weighted by atomic mass is 9.85. The van der Waals surface area contributed by atoms with Crippen molar-refractivity contribution in [2.24, 2.45) is 30.7 Å². The van der Waals surface area contributed by atoms with E-state index in [1.807, 2.05) is 19.1 Å². The van der Waals surface area contributed by atoms with E-state index < -0.39 is 5.97 Å². The maximum atomic E-state index is 12.4. The van der Waals surface area contributed by atoms with E-state index in [4.69, 9.17) is 9.47 Å². The molecule has 0 aliphatic heterocycles. The molecule has 2 aromatic rings. The number of pyridine rings is 1. The number of ether oxygens (including phenoxy) is 2. The van der Waals surface area contributed by atoms with Gasteiger partial charge >= 0.3 is 12.1 Å². The molecule has 2 heterocycles. The van der Waals surface area contributed by atoms with Gasteiger partial charge < -0.3 is 19.5 Å². The zero-order valence-corrected chi connectivity index (χ0v) is 20.5. The Morgan fingerprint density at radius 1 is 1.23 bits per heavy atom. The van der Waals surface area contributed by atoms with Gasteiger partial charge in [-0.2, -0.15) is 0 Å². The number of amides is 1. The molecular weight excluding hydrogens is 450 g/mol. The Morgan fingerprint density at radius 3 is 2.71 bits per heavy atom. The van der Waals surface area contributed by atoms with Crippen molar-refractivity contribution in [3.8, 4) is 17.1 Å². The first-order valence-corrected chi connectivity index (χ1v) is 12.4. The normalized spacial score (nSPS) is 25.3. The Labute approximate surface area is 204 Å². The lowest BCUT2D eigenvalue weighted by Crippen LogP contribution is -2.34. The molecule has 0 aromatic carbocycles. The van der Waals surface area contributed by atoms with Crippen LogP contribution in [0.4, 0.5) is 4.79 Å². The number of nitrogens with zero attached hydrogens (tertiary/aromatic N) is 5. The fraction of sp³-hybridized carbons (Fsp3) is 0.640. The number of aryl methyl sites for hydroxylation is 2. The molecule has 10 nitrogen and oxygen atoms in total. The van der Waals surface area contributed by atoms with Crippen LogP contribution in [0, 0.1) is 30.6 Å². The molecule has 3 saturated carbocycles. The van der Waals surface area contributed by atoms with E-state index in [0.717, 1.165) is 12.8 Å². The van der Waals surface area contributed by atoms with Crippen LogP contribution in [0.15, 0.2) is 12.1 Å². The van der Waals surface area contributed by atoms with Crippen molar-refractivity contribution in [1.29, 1.82) is 0 Å².